The lowest BCUT2D eigenvalue weighted by atomic mass is 10.2. The second kappa shape index (κ2) is 6.06. The van der Waals surface area contributed by atoms with E-state index in [1.165, 1.54) is 0 Å². The van der Waals surface area contributed by atoms with Gasteiger partial charge in [-0.3, -0.25) is 4.57 Å². The Kier molecular flexibility index (Phi) is 4.42. The molecule has 0 atom stereocenters. The van der Waals surface area contributed by atoms with Crippen LogP contribution in [0.25, 0.3) is 11.4 Å². The number of nitrogens with zero attached hydrogens (tertiary/aromatic N) is 3. The van der Waals surface area contributed by atoms with E-state index in [0.29, 0.717) is 0 Å². The Hall–Kier alpha value is -1.56. The van der Waals surface area contributed by atoms with Gasteiger partial charge in [-0.2, -0.15) is 0 Å². The number of halogens is 1. The summed E-state index contributed by atoms with van der Waals surface area (Å²) in [6, 6.07) is 5.88. The van der Waals surface area contributed by atoms with Gasteiger partial charge in [-0.05, 0) is 32.0 Å². The molecule has 0 amide bonds. The molecule has 0 saturated heterocycles. The molecule has 2 rings (SSSR count). The molecule has 102 valence electrons. The first-order valence-electron chi connectivity index (χ1n) is 6.22. The molecule has 0 aliphatic heterocycles. The quantitative estimate of drug-likeness (QED) is 0.917. The van der Waals surface area contributed by atoms with Crippen LogP contribution in [-0.2, 0) is 6.54 Å². The maximum absolute atomic E-state index is 5.42. The average Bonchev–Trinajstić information content (AvgIpc) is 2.81. The van der Waals surface area contributed by atoms with Gasteiger partial charge in [0.25, 0.3) is 0 Å². The smallest absolute Gasteiger partial charge is 0.224 e. The summed E-state index contributed by atoms with van der Waals surface area (Å²) in [6.45, 7) is 5.72. The first-order valence-corrected chi connectivity index (χ1v) is 7.01. The fraction of sp³-hybridized carbons (Fsp3) is 0.385. The number of aromatic nitrogens is 3. The number of nitrogens with one attached hydrogen (secondary N) is 1. The highest BCUT2D eigenvalue weighted by Crippen LogP contribution is 2.32. The number of hydrogen-bond donors (Lipinski definition) is 1. The van der Waals surface area contributed by atoms with Crippen molar-refractivity contribution in [1.29, 1.82) is 0 Å². The molecule has 1 N–H and O–H groups in total. The van der Waals surface area contributed by atoms with Crippen LogP contribution in [0, 0.1) is 0 Å². The van der Waals surface area contributed by atoms with E-state index in [1.54, 1.807) is 7.11 Å². The van der Waals surface area contributed by atoms with Crippen molar-refractivity contribution in [2.24, 2.45) is 0 Å². The Morgan fingerprint density at radius 1 is 1.32 bits per heavy atom. The molecule has 19 heavy (non-hydrogen) atoms. The van der Waals surface area contributed by atoms with Gasteiger partial charge >= 0.3 is 0 Å². The summed E-state index contributed by atoms with van der Waals surface area (Å²) >= 11 is 3.44. The molecule has 0 aliphatic carbocycles. The Bertz CT molecular complexity index is 568. The molecule has 0 radical (unpaired) electrons. The molecular formula is C13H17BrN4O. The standard InChI is InChI=1S/C13H17BrN4O/c1-4-15-13-17-16-12(18(13)5-2)10-7-6-9(14)8-11(10)19-3/h6-8H,4-5H2,1-3H3,(H,15,17). The van der Waals surface area contributed by atoms with Gasteiger partial charge in [-0.1, -0.05) is 15.9 Å². The lowest BCUT2D eigenvalue weighted by molar-refractivity contribution is 0.415. The average molecular weight is 325 g/mol. The van der Waals surface area contributed by atoms with Crippen LogP contribution in [-0.4, -0.2) is 28.4 Å². The minimum atomic E-state index is 0.777. The largest absolute Gasteiger partial charge is 0.496 e. The third-order valence-corrected chi connectivity index (χ3v) is 3.30. The van der Waals surface area contributed by atoms with Gasteiger partial charge in [-0.15, -0.1) is 10.2 Å². The third-order valence-electron chi connectivity index (χ3n) is 2.81. The number of hydrogen-bond acceptors (Lipinski definition) is 4. The van der Waals surface area contributed by atoms with Gasteiger partial charge < -0.3 is 10.1 Å². The normalized spacial score (nSPS) is 10.5. The number of rotatable bonds is 5. The van der Waals surface area contributed by atoms with Crippen LogP contribution in [0.15, 0.2) is 22.7 Å². The molecule has 2 aromatic rings. The molecule has 6 heteroatoms. The van der Waals surface area contributed by atoms with Crippen molar-refractivity contribution in [1.82, 2.24) is 14.8 Å². The second-order valence-corrected chi connectivity index (χ2v) is 4.88. The predicted molar refractivity (Wildman–Crippen MR) is 79.5 cm³/mol. The van der Waals surface area contributed by atoms with Crippen molar-refractivity contribution in [3.63, 3.8) is 0 Å². The Morgan fingerprint density at radius 3 is 2.74 bits per heavy atom. The summed E-state index contributed by atoms with van der Waals surface area (Å²) in [4.78, 5) is 0. The van der Waals surface area contributed by atoms with E-state index in [0.717, 1.165) is 40.6 Å². The maximum atomic E-state index is 5.42. The van der Waals surface area contributed by atoms with E-state index in [2.05, 4.69) is 38.4 Å². The summed E-state index contributed by atoms with van der Waals surface area (Å²) in [5, 5.41) is 11.7. The van der Waals surface area contributed by atoms with Gasteiger partial charge in [0, 0.05) is 17.6 Å². The summed E-state index contributed by atoms with van der Waals surface area (Å²) in [5.74, 6) is 2.37. The molecule has 1 aromatic carbocycles. The number of benzene rings is 1. The number of methoxy groups -OCH3 is 1. The predicted octanol–water partition coefficient (Wildman–Crippen LogP) is 3.17. The highest BCUT2D eigenvalue weighted by molar-refractivity contribution is 9.10. The first kappa shape index (κ1) is 13.9. The highest BCUT2D eigenvalue weighted by atomic mass is 79.9. The van der Waals surface area contributed by atoms with E-state index < -0.39 is 0 Å². The minimum absolute atomic E-state index is 0.777. The lowest BCUT2D eigenvalue weighted by Gasteiger charge is -2.11. The van der Waals surface area contributed by atoms with E-state index in [4.69, 9.17) is 4.74 Å². The van der Waals surface area contributed by atoms with Crippen molar-refractivity contribution in [3.05, 3.63) is 22.7 Å². The Balaban J connectivity index is 2.52. The van der Waals surface area contributed by atoms with Crippen molar-refractivity contribution in [3.8, 4) is 17.1 Å². The van der Waals surface area contributed by atoms with Crippen LogP contribution in [0.3, 0.4) is 0 Å². The van der Waals surface area contributed by atoms with E-state index in [1.807, 2.05) is 29.7 Å². The zero-order valence-electron chi connectivity index (χ0n) is 11.3. The molecular weight excluding hydrogens is 308 g/mol. The topological polar surface area (TPSA) is 52.0 Å². The van der Waals surface area contributed by atoms with Crippen molar-refractivity contribution >= 4 is 21.9 Å². The molecule has 0 fully saturated rings. The first-order chi connectivity index (χ1) is 9.21. The van der Waals surface area contributed by atoms with Gasteiger partial charge in [0.15, 0.2) is 5.82 Å². The van der Waals surface area contributed by atoms with Gasteiger partial charge in [-0.25, -0.2) is 0 Å². The van der Waals surface area contributed by atoms with E-state index in [9.17, 15) is 0 Å². The van der Waals surface area contributed by atoms with Crippen LogP contribution in [0.1, 0.15) is 13.8 Å². The molecule has 0 saturated carbocycles. The molecule has 1 aromatic heterocycles. The number of anilines is 1. The fourth-order valence-corrected chi connectivity index (χ4v) is 2.28. The van der Waals surface area contributed by atoms with Crippen molar-refractivity contribution < 1.29 is 4.74 Å². The van der Waals surface area contributed by atoms with Crippen molar-refractivity contribution in [2.75, 3.05) is 19.0 Å². The zero-order chi connectivity index (χ0) is 13.8. The fourth-order valence-electron chi connectivity index (χ4n) is 1.94. The molecule has 0 spiro atoms. The zero-order valence-corrected chi connectivity index (χ0v) is 12.9. The van der Waals surface area contributed by atoms with Crippen LogP contribution in [0.5, 0.6) is 5.75 Å². The van der Waals surface area contributed by atoms with E-state index >= 15 is 0 Å². The minimum Gasteiger partial charge on any atom is -0.496 e. The van der Waals surface area contributed by atoms with E-state index in [-0.39, 0.29) is 0 Å². The van der Waals surface area contributed by atoms with Crippen LogP contribution in [0.2, 0.25) is 0 Å². The Morgan fingerprint density at radius 2 is 2.11 bits per heavy atom. The van der Waals surface area contributed by atoms with Crippen molar-refractivity contribution in [2.45, 2.75) is 20.4 Å². The van der Waals surface area contributed by atoms with Gasteiger partial charge in [0.05, 0.1) is 12.7 Å². The summed E-state index contributed by atoms with van der Waals surface area (Å²) in [7, 11) is 1.66. The van der Waals surface area contributed by atoms with Crippen LogP contribution < -0.4 is 10.1 Å². The summed E-state index contributed by atoms with van der Waals surface area (Å²) < 4.78 is 8.43. The highest BCUT2D eigenvalue weighted by Gasteiger charge is 2.16. The summed E-state index contributed by atoms with van der Waals surface area (Å²) in [6.07, 6.45) is 0. The van der Waals surface area contributed by atoms with Gasteiger partial charge in [0.1, 0.15) is 5.75 Å². The lowest BCUT2D eigenvalue weighted by Crippen LogP contribution is -2.07. The molecule has 0 unspecified atom stereocenters. The number of ether oxygens (including phenoxy) is 1. The SMILES string of the molecule is CCNc1nnc(-c2ccc(Br)cc2OC)n1CC. The molecule has 1 heterocycles. The molecule has 5 nitrogen and oxygen atoms in total. The third kappa shape index (κ3) is 2.73. The summed E-state index contributed by atoms with van der Waals surface area (Å²) in [5.41, 5.74) is 0.934. The van der Waals surface area contributed by atoms with Crippen LogP contribution >= 0.6 is 15.9 Å². The van der Waals surface area contributed by atoms with Gasteiger partial charge in [0.2, 0.25) is 5.95 Å². The second-order valence-electron chi connectivity index (χ2n) is 3.97. The Labute approximate surface area is 121 Å². The molecule has 0 aliphatic rings. The van der Waals surface area contributed by atoms with Crippen LogP contribution in [0.4, 0.5) is 5.95 Å². The molecule has 0 bridgehead atoms. The maximum Gasteiger partial charge on any atom is 0.224 e. The monoisotopic (exact) mass is 324 g/mol.